The van der Waals surface area contributed by atoms with Gasteiger partial charge in [-0.25, -0.2) is 0 Å². The van der Waals surface area contributed by atoms with Crippen molar-refractivity contribution in [2.75, 3.05) is 19.6 Å². The smallest absolute Gasteiger partial charge is 0.0167 e. The van der Waals surface area contributed by atoms with Crippen LogP contribution < -0.4 is 5.32 Å². The van der Waals surface area contributed by atoms with Gasteiger partial charge in [-0.15, -0.1) is 0 Å². The lowest BCUT2D eigenvalue weighted by atomic mass is 9.96. The van der Waals surface area contributed by atoms with E-state index in [1.807, 2.05) is 0 Å². The molecule has 1 unspecified atom stereocenters. The lowest BCUT2D eigenvalue weighted by molar-refractivity contribution is 0.130. The fourth-order valence-electron chi connectivity index (χ4n) is 3.80. The first kappa shape index (κ1) is 15.3. The molecule has 19 heavy (non-hydrogen) atoms. The third-order valence-electron chi connectivity index (χ3n) is 4.99. The summed E-state index contributed by atoms with van der Waals surface area (Å²) in [4.78, 5) is 2.78. The SMILES string of the molecule is CC1CN(C2CCCCCCCCCCC2)CCN1. The van der Waals surface area contributed by atoms with Gasteiger partial charge in [-0.2, -0.15) is 0 Å². The molecule has 0 spiro atoms. The third kappa shape index (κ3) is 5.83. The molecule has 1 aliphatic carbocycles. The first-order valence-corrected chi connectivity index (χ1v) is 8.83. The Morgan fingerprint density at radius 2 is 1.32 bits per heavy atom. The molecule has 2 heteroatoms. The second-order valence-corrected chi connectivity index (χ2v) is 6.76. The van der Waals surface area contributed by atoms with Crippen LogP contribution in [0, 0.1) is 0 Å². The standard InChI is InChI=1S/C17H34N2/c1-16-15-19(14-13-18-16)17-11-9-7-5-3-2-4-6-8-10-12-17/h16-18H,2-15H2,1H3. The first-order valence-electron chi connectivity index (χ1n) is 8.83. The number of nitrogens with one attached hydrogen (secondary N) is 1. The van der Waals surface area contributed by atoms with E-state index in [9.17, 15) is 0 Å². The molecule has 2 rings (SSSR count). The Labute approximate surface area is 120 Å². The highest BCUT2D eigenvalue weighted by atomic mass is 15.2. The molecular weight excluding hydrogens is 232 g/mol. The van der Waals surface area contributed by atoms with E-state index in [4.69, 9.17) is 0 Å². The van der Waals surface area contributed by atoms with E-state index in [-0.39, 0.29) is 0 Å². The third-order valence-corrected chi connectivity index (χ3v) is 4.99. The highest BCUT2D eigenvalue weighted by Gasteiger charge is 2.22. The molecule has 1 heterocycles. The van der Waals surface area contributed by atoms with Crippen molar-refractivity contribution in [3.8, 4) is 0 Å². The molecule has 0 aromatic heterocycles. The van der Waals surface area contributed by atoms with Crippen LogP contribution >= 0.6 is 0 Å². The normalized spacial score (nSPS) is 30.5. The van der Waals surface area contributed by atoms with Crippen LogP contribution in [0.4, 0.5) is 0 Å². The van der Waals surface area contributed by atoms with Crippen LogP contribution in [0.2, 0.25) is 0 Å². The maximum atomic E-state index is 3.58. The number of piperazine rings is 1. The molecule has 112 valence electrons. The van der Waals surface area contributed by atoms with E-state index in [1.54, 1.807) is 0 Å². The average Bonchev–Trinajstić information content (AvgIpc) is 2.39. The van der Waals surface area contributed by atoms with E-state index < -0.39 is 0 Å². The number of hydrogen-bond donors (Lipinski definition) is 1. The van der Waals surface area contributed by atoms with Crippen molar-refractivity contribution < 1.29 is 0 Å². The minimum atomic E-state index is 0.690. The molecule has 0 aromatic carbocycles. The topological polar surface area (TPSA) is 15.3 Å². The second-order valence-electron chi connectivity index (χ2n) is 6.76. The second kappa shape index (κ2) is 8.97. The summed E-state index contributed by atoms with van der Waals surface area (Å²) < 4.78 is 0. The number of hydrogen-bond acceptors (Lipinski definition) is 2. The summed E-state index contributed by atoms with van der Waals surface area (Å²) >= 11 is 0. The van der Waals surface area contributed by atoms with Crippen LogP contribution in [0.25, 0.3) is 0 Å². The van der Waals surface area contributed by atoms with Gasteiger partial charge in [0, 0.05) is 31.7 Å². The van der Waals surface area contributed by atoms with E-state index >= 15 is 0 Å². The molecule has 1 atom stereocenters. The van der Waals surface area contributed by atoms with Crippen LogP contribution in [0.5, 0.6) is 0 Å². The summed E-state index contributed by atoms with van der Waals surface area (Å²) in [7, 11) is 0. The van der Waals surface area contributed by atoms with Crippen molar-refractivity contribution in [3.63, 3.8) is 0 Å². The molecule has 1 saturated heterocycles. The van der Waals surface area contributed by atoms with Crippen molar-refractivity contribution in [3.05, 3.63) is 0 Å². The summed E-state index contributed by atoms with van der Waals surface area (Å²) in [6.07, 6.45) is 16.2. The van der Waals surface area contributed by atoms with Gasteiger partial charge >= 0.3 is 0 Å². The van der Waals surface area contributed by atoms with Gasteiger partial charge in [0.2, 0.25) is 0 Å². The first-order chi connectivity index (χ1) is 9.36. The minimum Gasteiger partial charge on any atom is -0.312 e. The van der Waals surface area contributed by atoms with E-state index in [2.05, 4.69) is 17.1 Å². The van der Waals surface area contributed by atoms with Crippen LogP contribution in [0.1, 0.15) is 77.6 Å². The molecular formula is C17H34N2. The van der Waals surface area contributed by atoms with E-state index in [0.29, 0.717) is 6.04 Å². The van der Waals surface area contributed by atoms with Gasteiger partial charge in [0.05, 0.1) is 0 Å². The zero-order valence-corrected chi connectivity index (χ0v) is 13.0. The Bertz CT molecular complexity index is 217. The number of nitrogens with zero attached hydrogens (tertiary/aromatic N) is 1. The Balaban J connectivity index is 1.80. The zero-order valence-electron chi connectivity index (χ0n) is 13.0. The molecule has 1 saturated carbocycles. The zero-order chi connectivity index (χ0) is 13.3. The molecule has 1 N–H and O–H groups in total. The molecule has 0 radical (unpaired) electrons. The van der Waals surface area contributed by atoms with Crippen molar-refractivity contribution in [1.29, 1.82) is 0 Å². The molecule has 0 aromatic rings. The maximum absolute atomic E-state index is 3.58. The monoisotopic (exact) mass is 266 g/mol. The summed E-state index contributed by atoms with van der Waals surface area (Å²) in [5, 5.41) is 3.58. The van der Waals surface area contributed by atoms with Gasteiger partial charge in [-0.1, -0.05) is 57.8 Å². The van der Waals surface area contributed by atoms with Gasteiger partial charge in [0.1, 0.15) is 0 Å². The molecule has 2 nitrogen and oxygen atoms in total. The van der Waals surface area contributed by atoms with Crippen LogP contribution in [-0.2, 0) is 0 Å². The van der Waals surface area contributed by atoms with Crippen LogP contribution in [-0.4, -0.2) is 36.6 Å². The average molecular weight is 266 g/mol. The van der Waals surface area contributed by atoms with Crippen LogP contribution in [0.3, 0.4) is 0 Å². The highest BCUT2D eigenvalue weighted by Crippen LogP contribution is 2.21. The van der Waals surface area contributed by atoms with Gasteiger partial charge in [0.15, 0.2) is 0 Å². The van der Waals surface area contributed by atoms with Gasteiger partial charge in [-0.3, -0.25) is 4.90 Å². The molecule has 0 bridgehead atoms. The Hall–Kier alpha value is -0.0800. The fraction of sp³-hybridized carbons (Fsp3) is 1.00. The minimum absolute atomic E-state index is 0.690. The predicted octanol–water partition coefficient (Wildman–Crippen LogP) is 3.95. The van der Waals surface area contributed by atoms with E-state index in [0.717, 1.165) is 6.04 Å². The van der Waals surface area contributed by atoms with Crippen molar-refractivity contribution in [2.45, 2.75) is 89.6 Å². The van der Waals surface area contributed by atoms with Crippen molar-refractivity contribution in [1.82, 2.24) is 10.2 Å². The quantitative estimate of drug-likeness (QED) is 0.773. The Kier molecular flexibility index (Phi) is 7.23. The lowest BCUT2D eigenvalue weighted by Crippen LogP contribution is -2.52. The molecule has 0 amide bonds. The van der Waals surface area contributed by atoms with Gasteiger partial charge < -0.3 is 5.32 Å². The van der Waals surface area contributed by atoms with Crippen LogP contribution in [0.15, 0.2) is 0 Å². The maximum Gasteiger partial charge on any atom is 0.0167 e. The lowest BCUT2D eigenvalue weighted by Gasteiger charge is -2.38. The Morgan fingerprint density at radius 3 is 1.84 bits per heavy atom. The highest BCUT2D eigenvalue weighted by molar-refractivity contribution is 4.81. The van der Waals surface area contributed by atoms with Gasteiger partial charge in [0.25, 0.3) is 0 Å². The van der Waals surface area contributed by atoms with Gasteiger partial charge in [-0.05, 0) is 19.8 Å². The largest absolute Gasteiger partial charge is 0.312 e. The fourth-order valence-corrected chi connectivity index (χ4v) is 3.80. The number of rotatable bonds is 1. The summed E-state index contributed by atoms with van der Waals surface area (Å²) in [5.41, 5.74) is 0. The predicted molar refractivity (Wildman–Crippen MR) is 83.6 cm³/mol. The molecule has 2 aliphatic rings. The van der Waals surface area contributed by atoms with E-state index in [1.165, 1.54) is 90.3 Å². The van der Waals surface area contributed by atoms with Crippen molar-refractivity contribution in [2.24, 2.45) is 0 Å². The summed E-state index contributed by atoms with van der Waals surface area (Å²) in [6, 6.07) is 1.57. The van der Waals surface area contributed by atoms with Crippen molar-refractivity contribution >= 4 is 0 Å². The summed E-state index contributed by atoms with van der Waals surface area (Å²) in [5.74, 6) is 0. The molecule has 1 aliphatic heterocycles. The molecule has 2 fully saturated rings. The summed E-state index contributed by atoms with van der Waals surface area (Å²) in [6.45, 7) is 6.07. The Morgan fingerprint density at radius 1 is 0.789 bits per heavy atom.